The molecule has 0 aliphatic heterocycles. The fourth-order valence-corrected chi connectivity index (χ4v) is 3.65. The lowest BCUT2D eigenvalue weighted by molar-refractivity contribution is 0.583. The maximum absolute atomic E-state index is 12.1. The van der Waals surface area contributed by atoms with Crippen molar-refractivity contribution in [3.05, 3.63) is 29.3 Å². The van der Waals surface area contributed by atoms with Crippen LogP contribution in [-0.2, 0) is 27.4 Å². The lowest BCUT2D eigenvalue weighted by Gasteiger charge is -2.10. The molecule has 7 heteroatoms. The summed E-state index contributed by atoms with van der Waals surface area (Å²) in [7, 11) is -4.54. The smallest absolute Gasteiger partial charge is 0.240 e. The van der Waals surface area contributed by atoms with E-state index in [1.54, 1.807) is 32.0 Å². The van der Waals surface area contributed by atoms with Crippen LogP contribution in [0.1, 0.15) is 18.1 Å². The van der Waals surface area contributed by atoms with Gasteiger partial charge in [0.1, 0.15) is 0 Å². The quantitative estimate of drug-likeness (QED) is 0.767. The zero-order chi connectivity index (χ0) is 14.5. The van der Waals surface area contributed by atoms with Gasteiger partial charge in [-0.05, 0) is 24.1 Å². The van der Waals surface area contributed by atoms with E-state index in [-0.39, 0.29) is 11.4 Å². The van der Waals surface area contributed by atoms with Crippen molar-refractivity contribution in [1.82, 2.24) is 4.72 Å². The van der Waals surface area contributed by atoms with Gasteiger partial charge in [0.25, 0.3) is 0 Å². The predicted octanol–water partition coefficient (Wildman–Crippen LogP) is 0.501. The molecule has 1 atom stereocenters. The van der Waals surface area contributed by atoms with Crippen LogP contribution < -0.4 is 10.5 Å². The summed E-state index contributed by atoms with van der Waals surface area (Å²) >= 11 is 0. The van der Waals surface area contributed by atoms with Gasteiger partial charge in [-0.2, -0.15) is 0 Å². The van der Waals surface area contributed by atoms with E-state index in [0.29, 0.717) is 23.6 Å². The number of nitrogens with two attached hydrogens (primary N) is 1. The van der Waals surface area contributed by atoms with E-state index in [0.717, 1.165) is 5.56 Å². The number of sulfonamides is 1. The number of hydrogen-bond acceptors (Lipinski definition) is 4. The zero-order valence-electron chi connectivity index (χ0n) is 11.2. The van der Waals surface area contributed by atoms with E-state index in [2.05, 4.69) is 4.72 Å². The summed E-state index contributed by atoms with van der Waals surface area (Å²) in [4.78, 5) is 0.234. The minimum absolute atomic E-state index is 0.176. The molecular weight excluding hydrogens is 284 g/mol. The lowest BCUT2D eigenvalue weighted by atomic mass is 10.1. The van der Waals surface area contributed by atoms with Crippen molar-refractivity contribution < 1.29 is 12.6 Å². The average Bonchev–Trinajstić information content (AvgIpc) is 2.38. The summed E-state index contributed by atoms with van der Waals surface area (Å²) in [6.45, 7) is 4.01. The van der Waals surface area contributed by atoms with Gasteiger partial charge in [-0.15, -0.1) is 0 Å². The molecule has 0 bridgehead atoms. The van der Waals surface area contributed by atoms with Crippen LogP contribution in [0.3, 0.4) is 0 Å². The topological polar surface area (TPSA) is 89.3 Å². The summed E-state index contributed by atoms with van der Waals surface area (Å²) in [6, 6.07) is 5.12. The van der Waals surface area contributed by atoms with Gasteiger partial charge in [0.05, 0.1) is 4.90 Å². The van der Waals surface area contributed by atoms with Crippen molar-refractivity contribution in [1.29, 1.82) is 0 Å². The molecule has 1 unspecified atom stereocenters. The molecule has 0 aromatic heterocycles. The zero-order valence-corrected chi connectivity index (χ0v) is 12.8. The van der Waals surface area contributed by atoms with Crippen LogP contribution in [0.4, 0.5) is 0 Å². The third kappa shape index (κ3) is 4.68. The number of nitrogens with one attached hydrogen (secondary N) is 1. The molecule has 0 aliphatic rings. The first-order valence-electron chi connectivity index (χ1n) is 6.05. The van der Waals surface area contributed by atoms with Crippen LogP contribution in [0.25, 0.3) is 0 Å². The van der Waals surface area contributed by atoms with Crippen molar-refractivity contribution >= 4 is 20.8 Å². The SMILES string of the molecule is CCS(=O)CCNS(=O)(=O)c1cc(CN)ccc1C. The van der Waals surface area contributed by atoms with Gasteiger partial charge in [0.15, 0.2) is 0 Å². The molecule has 1 rings (SSSR count). The van der Waals surface area contributed by atoms with E-state index in [1.165, 1.54) is 0 Å². The molecule has 1 aromatic rings. The Kier molecular flexibility index (Phi) is 6.12. The Hall–Kier alpha value is -0.760. The van der Waals surface area contributed by atoms with E-state index in [1.807, 2.05) is 0 Å². The third-order valence-corrected chi connectivity index (χ3v) is 5.63. The van der Waals surface area contributed by atoms with Gasteiger partial charge in [-0.25, -0.2) is 13.1 Å². The van der Waals surface area contributed by atoms with Gasteiger partial charge in [0, 0.05) is 35.4 Å². The minimum atomic E-state index is -3.57. The summed E-state index contributed by atoms with van der Waals surface area (Å²) in [6.07, 6.45) is 0. The summed E-state index contributed by atoms with van der Waals surface area (Å²) in [5.41, 5.74) is 6.95. The predicted molar refractivity (Wildman–Crippen MR) is 77.8 cm³/mol. The summed E-state index contributed by atoms with van der Waals surface area (Å²) in [5, 5.41) is 0. The monoisotopic (exact) mass is 304 g/mol. The second-order valence-electron chi connectivity index (χ2n) is 4.13. The number of rotatable bonds is 7. The molecule has 0 saturated heterocycles. The third-order valence-electron chi connectivity index (χ3n) is 2.72. The molecule has 0 spiro atoms. The first-order valence-corrected chi connectivity index (χ1v) is 9.02. The van der Waals surface area contributed by atoms with Crippen molar-refractivity contribution in [2.45, 2.75) is 25.3 Å². The number of hydrogen-bond donors (Lipinski definition) is 2. The van der Waals surface area contributed by atoms with Crippen molar-refractivity contribution in [2.24, 2.45) is 5.73 Å². The molecule has 3 N–H and O–H groups in total. The molecule has 0 fully saturated rings. The van der Waals surface area contributed by atoms with Gasteiger partial charge in [-0.1, -0.05) is 19.1 Å². The Morgan fingerprint density at radius 1 is 1.37 bits per heavy atom. The molecule has 108 valence electrons. The number of aryl methyl sites for hydroxylation is 1. The molecule has 0 heterocycles. The Balaban J connectivity index is 2.85. The molecule has 5 nitrogen and oxygen atoms in total. The van der Waals surface area contributed by atoms with Crippen LogP contribution in [0, 0.1) is 6.92 Å². The van der Waals surface area contributed by atoms with Crippen LogP contribution in [0.15, 0.2) is 23.1 Å². The molecular formula is C12H20N2O3S2. The van der Waals surface area contributed by atoms with E-state index in [4.69, 9.17) is 5.73 Å². The Bertz CT molecular complexity index is 556. The standard InChI is InChI=1S/C12H20N2O3S2/c1-3-18(15)7-6-14-19(16,17)12-8-11(9-13)5-4-10(12)2/h4-5,8,14H,3,6-7,9,13H2,1-2H3. The van der Waals surface area contributed by atoms with E-state index < -0.39 is 20.8 Å². The van der Waals surface area contributed by atoms with Crippen LogP contribution in [0.2, 0.25) is 0 Å². The Morgan fingerprint density at radius 3 is 2.63 bits per heavy atom. The summed E-state index contributed by atoms with van der Waals surface area (Å²) in [5.74, 6) is 0.856. The average molecular weight is 304 g/mol. The van der Waals surface area contributed by atoms with Crippen molar-refractivity contribution in [3.63, 3.8) is 0 Å². The minimum Gasteiger partial charge on any atom is -0.326 e. The highest BCUT2D eigenvalue weighted by atomic mass is 32.2. The molecule has 19 heavy (non-hydrogen) atoms. The highest BCUT2D eigenvalue weighted by Crippen LogP contribution is 2.16. The van der Waals surface area contributed by atoms with Crippen LogP contribution in [0.5, 0.6) is 0 Å². The second kappa shape index (κ2) is 7.14. The molecule has 0 radical (unpaired) electrons. The van der Waals surface area contributed by atoms with Gasteiger partial charge in [-0.3, -0.25) is 4.21 Å². The van der Waals surface area contributed by atoms with Crippen molar-refractivity contribution in [2.75, 3.05) is 18.1 Å². The van der Waals surface area contributed by atoms with Crippen LogP contribution >= 0.6 is 0 Å². The maximum Gasteiger partial charge on any atom is 0.240 e. The molecule has 0 saturated carbocycles. The van der Waals surface area contributed by atoms with Gasteiger partial charge in [0.2, 0.25) is 10.0 Å². The largest absolute Gasteiger partial charge is 0.326 e. The summed E-state index contributed by atoms with van der Waals surface area (Å²) < 4.78 is 38.0. The maximum atomic E-state index is 12.1. The molecule has 0 amide bonds. The first-order chi connectivity index (χ1) is 8.90. The van der Waals surface area contributed by atoms with E-state index in [9.17, 15) is 12.6 Å². The van der Waals surface area contributed by atoms with Crippen molar-refractivity contribution in [3.8, 4) is 0 Å². The normalized spacial score (nSPS) is 13.4. The number of benzene rings is 1. The fourth-order valence-electron chi connectivity index (χ4n) is 1.57. The first kappa shape index (κ1) is 16.3. The molecule has 1 aromatic carbocycles. The highest BCUT2D eigenvalue weighted by Gasteiger charge is 2.16. The Labute approximate surface area is 117 Å². The van der Waals surface area contributed by atoms with Gasteiger partial charge >= 0.3 is 0 Å². The van der Waals surface area contributed by atoms with Gasteiger partial charge < -0.3 is 5.73 Å². The second-order valence-corrected chi connectivity index (χ2v) is 7.74. The molecule has 0 aliphatic carbocycles. The van der Waals surface area contributed by atoms with E-state index >= 15 is 0 Å². The fraction of sp³-hybridized carbons (Fsp3) is 0.500. The highest BCUT2D eigenvalue weighted by molar-refractivity contribution is 7.89. The lowest BCUT2D eigenvalue weighted by Crippen LogP contribution is -2.28. The van der Waals surface area contributed by atoms with Crippen LogP contribution in [-0.4, -0.2) is 30.7 Å². The Morgan fingerprint density at radius 2 is 2.05 bits per heavy atom.